The number of alkyl halides is 1. The number of aryl methyl sites for hydroxylation is 1. The van der Waals surface area contributed by atoms with Gasteiger partial charge in [-0.15, -0.1) is 21.8 Å². The van der Waals surface area contributed by atoms with Crippen molar-refractivity contribution in [2.75, 3.05) is 0 Å². The molecule has 1 heterocycles. The van der Waals surface area contributed by atoms with Crippen molar-refractivity contribution in [3.8, 4) is 11.5 Å². The summed E-state index contributed by atoms with van der Waals surface area (Å²) in [6.45, 7) is 2.12. The van der Waals surface area contributed by atoms with Crippen molar-refractivity contribution in [3.05, 3.63) is 35.7 Å². The number of benzene rings is 1. The Kier molecular flexibility index (Phi) is 3.02. The first-order valence-corrected chi connectivity index (χ1v) is 5.34. The first-order valence-electron chi connectivity index (χ1n) is 4.81. The van der Waals surface area contributed by atoms with Gasteiger partial charge in [0.05, 0.1) is 0 Å². The van der Waals surface area contributed by atoms with Gasteiger partial charge in [0.1, 0.15) is 5.88 Å². The highest BCUT2D eigenvalue weighted by Gasteiger charge is 2.06. The fourth-order valence-corrected chi connectivity index (χ4v) is 1.42. The quantitative estimate of drug-likeness (QED) is 0.750. The molecule has 0 N–H and O–H groups in total. The van der Waals surface area contributed by atoms with Crippen LogP contribution in [0.25, 0.3) is 11.5 Å². The Bertz CT molecular complexity index is 436. The molecule has 0 aliphatic heterocycles. The van der Waals surface area contributed by atoms with Crippen molar-refractivity contribution in [1.29, 1.82) is 0 Å². The highest BCUT2D eigenvalue weighted by molar-refractivity contribution is 6.16. The van der Waals surface area contributed by atoms with Crippen LogP contribution >= 0.6 is 11.6 Å². The molecular formula is C11H11ClN2O. The summed E-state index contributed by atoms with van der Waals surface area (Å²) in [7, 11) is 0. The zero-order valence-corrected chi connectivity index (χ0v) is 9.16. The van der Waals surface area contributed by atoms with Gasteiger partial charge in [-0.3, -0.25) is 0 Å². The molecule has 0 bridgehead atoms. The van der Waals surface area contributed by atoms with E-state index in [0.717, 1.165) is 12.0 Å². The second-order valence-electron chi connectivity index (χ2n) is 3.19. The predicted molar refractivity (Wildman–Crippen MR) is 58.7 cm³/mol. The van der Waals surface area contributed by atoms with Crippen LogP contribution in [-0.2, 0) is 12.3 Å². The molecule has 0 saturated heterocycles. The monoisotopic (exact) mass is 222 g/mol. The largest absolute Gasteiger partial charge is 0.419 e. The summed E-state index contributed by atoms with van der Waals surface area (Å²) in [5.41, 5.74) is 2.21. The van der Waals surface area contributed by atoms with Gasteiger partial charge in [-0.05, 0) is 24.1 Å². The molecule has 0 saturated carbocycles. The molecule has 15 heavy (non-hydrogen) atoms. The molecule has 1 aromatic carbocycles. The first kappa shape index (κ1) is 10.2. The molecule has 0 unspecified atom stereocenters. The number of hydrogen-bond acceptors (Lipinski definition) is 3. The van der Waals surface area contributed by atoms with E-state index in [4.69, 9.17) is 16.0 Å². The minimum atomic E-state index is 0.250. The van der Waals surface area contributed by atoms with Crippen molar-refractivity contribution in [2.24, 2.45) is 0 Å². The molecule has 1 aromatic heterocycles. The standard InChI is InChI=1S/C11H11ClN2O/c1-2-8-3-5-9(6-4-8)11-14-13-10(7-12)15-11/h3-6H,2,7H2,1H3. The lowest BCUT2D eigenvalue weighted by Gasteiger charge is -1.97. The highest BCUT2D eigenvalue weighted by atomic mass is 35.5. The average Bonchev–Trinajstić information content (AvgIpc) is 2.78. The third-order valence-corrected chi connectivity index (χ3v) is 2.42. The van der Waals surface area contributed by atoms with E-state index in [0.29, 0.717) is 11.8 Å². The van der Waals surface area contributed by atoms with Crippen LogP contribution in [0.1, 0.15) is 18.4 Å². The fourth-order valence-electron chi connectivity index (χ4n) is 1.31. The molecule has 0 aliphatic rings. The van der Waals surface area contributed by atoms with Gasteiger partial charge in [0.25, 0.3) is 0 Å². The number of rotatable bonds is 3. The molecule has 0 radical (unpaired) electrons. The molecule has 3 nitrogen and oxygen atoms in total. The normalized spacial score (nSPS) is 10.5. The van der Waals surface area contributed by atoms with Gasteiger partial charge in [-0.2, -0.15) is 0 Å². The Morgan fingerprint density at radius 1 is 1.20 bits per heavy atom. The van der Waals surface area contributed by atoms with Crippen LogP contribution in [0.5, 0.6) is 0 Å². The maximum Gasteiger partial charge on any atom is 0.247 e. The maximum absolute atomic E-state index is 5.58. The van der Waals surface area contributed by atoms with E-state index in [1.807, 2.05) is 12.1 Å². The molecule has 0 aliphatic carbocycles. The van der Waals surface area contributed by atoms with Crippen molar-refractivity contribution < 1.29 is 4.42 Å². The summed E-state index contributed by atoms with van der Waals surface area (Å²) >= 11 is 5.58. The Morgan fingerprint density at radius 3 is 2.47 bits per heavy atom. The summed E-state index contributed by atoms with van der Waals surface area (Å²) in [5.74, 6) is 1.22. The van der Waals surface area contributed by atoms with Crippen molar-refractivity contribution in [1.82, 2.24) is 10.2 Å². The van der Waals surface area contributed by atoms with Crippen LogP contribution in [0.15, 0.2) is 28.7 Å². The molecule has 2 aromatic rings. The molecule has 4 heteroatoms. The topological polar surface area (TPSA) is 38.9 Å². The molecule has 78 valence electrons. The molecule has 0 spiro atoms. The minimum absolute atomic E-state index is 0.250. The van der Waals surface area contributed by atoms with Crippen LogP contribution in [-0.4, -0.2) is 10.2 Å². The third-order valence-electron chi connectivity index (χ3n) is 2.19. The van der Waals surface area contributed by atoms with Gasteiger partial charge in [-0.1, -0.05) is 19.1 Å². The second-order valence-corrected chi connectivity index (χ2v) is 3.45. The van der Waals surface area contributed by atoms with Crippen LogP contribution in [0.4, 0.5) is 0 Å². The van der Waals surface area contributed by atoms with Crippen molar-refractivity contribution in [3.63, 3.8) is 0 Å². The summed E-state index contributed by atoms with van der Waals surface area (Å²) in [6, 6.07) is 8.06. The Balaban J connectivity index is 2.28. The van der Waals surface area contributed by atoms with Crippen LogP contribution in [0.2, 0.25) is 0 Å². The highest BCUT2D eigenvalue weighted by Crippen LogP contribution is 2.18. The fraction of sp³-hybridized carbons (Fsp3) is 0.273. The van der Waals surface area contributed by atoms with E-state index >= 15 is 0 Å². The van der Waals surface area contributed by atoms with Crippen LogP contribution in [0.3, 0.4) is 0 Å². The SMILES string of the molecule is CCc1ccc(-c2nnc(CCl)o2)cc1. The van der Waals surface area contributed by atoms with Gasteiger partial charge in [0.2, 0.25) is 11.8 Å². The molecule has 0 amide bonds. The van der Waals surface area contributed by atoms with E-state index in [1.165, 1.54) is 5.56 Å². The van der Waals surface area contributed by atoms with E-state index < -0.39 is 0 Å². The molecule has 2 rings (SSSR count). The predicted octanol–water partition coefficient (Wildman–Crippen LogP) is 3.04. The molecule has 0 atom stereocenters. The summed E-state index contributed by atoms with van der Waals surface area (Å²) in [5, 5.41) is 7.72. The summed E-state index contributed by atoms with van der Waals surface area (Å²) < 4.78 is 5.34. The average molecular weight is 223 g/mol. The summed E-state index contributed by atoms with van der Waals surface area (Å²) in [6.07, 6.45) is 1.02. The number of nitrogens with zero attached hydrogens (tertiary/aromatic N) is 2. The summed E-state index contributed by atoms with van der Waals surface area (Å²) in [4.78, 5) is 0. The van der Waals surface area contributed by atoms with E-state index in [2.05, 4.69) is 29.3 Å². The third kappa shape index (κ3) is 2.18. The van der Waals surface area contributed by atoms with Gasteiger partial charge < -0.3 is 4.42 Å². The number of halogens is 1. The molecule has 0 fully saturated rings. The van der Waals surface area contributed by atoms with E-state index in [9.17, 15) is 0 Å². The number of aromatic nitrogens is 2. The lowest BCUT2D eigenvalue weighted by molar-refractivity contribution is 0.527. The van der Waals surface area contributed by atoms with Gasteiger partial charge >= 0.3 is 0 Å². The lowest BCUT2D eigenvalue weighted by atomic mass is 10.1. The zero-order valence-electron chi connectivity index (χ0n) is 8.40. The Hall–Kier alpha value is -1.35. The van der Waals surface area contributed by atoms with Crippen LogP contribution in [0, 0.1) is 0 Å². The van der Waals surface area contributed by atoms with Gasteiger partial charge in [0, 0.05) is 5.56 Å². The van der Waals surface area contributed by atoms with Gasteiger partial charge in [-0.25, -0.2) is 0 Å². The number of hydrogen-bond donors (Lipinski definition) is 0. The first-order chi connectivity index (χ1) is 7.33. The van der Waals surface area contributed by atoms with Crippen molar-refractivity contribution in [2.45, 2.75) is 19.2 Å². The smallest absolute Gasteiger partial charge is 0.247 e. The molecular weight excluding hydrogens is 212 g/mol. The Morgan fingerprint density at radius 2 is 1.93 bits per heavy atom. The zero-order chi connectivity index (χ0) is 10.7. The second kappa shape index (κ2) is 4.45. The van der Waals surface area contributed by atoms with Crippen molar-refractivity contribution >= 4 is 11.6 Å². The van der Waals surface area contributed by atoms with Crippen LogP contribution < -0.4 is 0 Å². The maximum atomic E-state index is 5.58. The van der Waals surface area contributed by atoms with Gasteiger partial charge in [0.15, 0.2) is 0 Å². The van der Waals surface area contributed by atoms with E-state index in [-0.39, 0.29) is 5.88 Å². The minimum Gasteiger partial charge on any atom is -0.419 e. The van der Waals surface area contributed by atoms with E-state index in [1.54, 1.807) is 0 Å². The lowest BCUT2D eigenvalue weighted by Crippen LogP contribution is -1.81. The Labute approximate surface area is 93.1 Å².